The van der Waals surface area contributed by atoms with Crippen molar-refractivity contribution in [1.82, 2.24) is 0 Å². The summed E-state index contributed by atoms with van der Waals surface area (Å²) in [5.41, 5.74) is 1.04. The van der Waals surface area contributed by atoms with Crippen LogP contribution in [0.25, 0.3) is 0 Å². The van der Waals surface area contributed by atoms with Gasteiger partial charge in [0.05, 0.1) is 23.1 Å². The van der Waals surface area contributed by atoms with Gasteiger partial charge in [-0.25, -0.2) is 4.79 Å². The quantitative estimate of drug-likeness (QED) is 0.286. The Morgan fingerprint density at radius 3 is 2.46 bits per heavy atom. The molecule has 0 fully saturated rings. The first-order valence-electron chi connectivity index (χ1n) is 10.7. The smallest absolute Gasteiger partial charge is 0.339 e. The van der Waals surface area contributed by atoms with Crippen molar-refractivity contribution < 1.29 is 28.6 Å². The monoisotopic (exact) mass is 488 g/mol. The molecular weight excluding hydrogens is 468 g/mol. The van der Waals surface area contributed by atoms with Gasteiger partial charge in [-0.2, -0.15) is 5.26 Å². The van der Waals surface area contributed by atoms with E-state index in [0.29, 0.717) is 36.0 Å². The lowest BCUT2D eigenvalue weighted by molar-refractivity contribution is -0.119. The van der Waals surface area contributed by atoms with Gasteiger partial charge in [0.15, 0.2) is 23.9 Å². The molecule has 0 saturated heterocycles. The Morgan fingerprint density at radius 2 is 1.66 bits per heavy atom. The van der Waals surface area contributed by atoms with Gasteiger partial charge in [-0.1, -0.05) is 30.3 Å². The number of ketones is 1. The first-order chi connectivity index (χ1) is 17.1. The molecule has 8 nitrogen and oxygen atoms in total. The number of carbonyl (C=O) groups is 3. The highest BCUT2D eigenvalue weighted by Crippen LogP contribution is 2.32. The Balaban J connectivity index is 1.44. The fraction of sp³-hybridized carbons (Fsp3) is 0.154. The summed E-state index contributed by atoms with van der Waals surface area (Å²) in [4.78, 5) is 39.0. The molecule has 1 N–H and O–H groups in total. The fourth-order valence-corrected chi connectivity index (χ4v) is 4.07. The Hall–Kier alpha value is -4.29. The molecule has 0 aromatic heterocycles. The average molecular weight is 489 g/mol. The van der Waals surface area contributed by atoms with Crippen LogP contribution in [0.5, 0.6) is 11.5 Å². The Labute approximate surface area is 205 Å². The number of hydrogen-bond donors (Lipinski definition) is 1. The molecule has 0 saturated carbocycles. The normalized spacial score (nSPS) is 11.7. The molecule has 1 aliphatic heterocycles. The lowest BCUT2D eigenvalue weighted by Gasteiger charge is -2.18. The van der Waals surface area contributed by atoms with E-state index in [4.69, 9.17) is 19.5 Å². The molecule has 35 heavy (non-hydrogen) atoms. The van der Waals surface area contributed by atoms with Gasteiger partial charge in [0.1, 0.15) is 13.2 Å². The van der Waals surface area contributed by atoms with E-state index in [0.717, 1.165) is 4.90 Å². The third-order valence-electron chi connectivity index (χ3n) is 4.98. The Bertz CT molecular complexity index is 1320. The number of fused-ring (bicyclic) bond motifs is 1. The number of ether oxygens (including phenoxy) is 3. The zero-order valence-electron chi connectivity index (χ0n) is 18.5. The van der Waals surface area contributed by atoms with E-state index < -0.39 is 18.5 Å². The predicted molar refractivity (Wildman–Crippen MR) is 129 cm³/mol. The Kier molecular flexibility index (Phi) is 7.65. The number of anilines is 1. The molecule has 3 aromatic rings. The van der Waals surface area contributed by atoms with Crippen molar-refractivity contribution in [3.8, 4) is 17.6 Å². The molecule has 1 heterocycles. The summed E-state index contributed by atoms with van der Waals surface area (Å²) in [7, 11) is 0. The molecule has 0 bridgehead atoms. The SMILES string of the molecule is N#CCSc1ccccc1NC(=O)COC(=O)c1ccccc1C(=O)c1ccc2c(c1)OCCO2. The standard InChI is InChI=1S/C26H20N2O6S/c27-11-14-35-23-8-4-3-7-20(23)28-24(29)16-34-26(31)19-6-2-1-5-18(19)25(30)17-9-10-21-22(15-17)33-13-12-32-21/h1-10,15H,12-14,16H2,(H,28,29). The topological polar surface area (TPSA) is 115 Å². The van der Waals surface area contributed by atoms with Gasteiger partial charge in [-0.3, -0.25) is 9.59 Å². The van der Waals surface area contributed by atoms with Gasteiger partial charge in [-0.05, 0) is 36.4 Å². The molecule has 0 unspecified atom stereocenters. The summed E-state index contributed by atoms with van der Waals surface area (Å²) in [6.07, 6.45) is 0. The zero-order chi connectivity index (χ0) is 24.6. The van der Waals surface area contributed by atoms with Gasteiger partial charge in [0.25, 0.3) is 5.91 Å². The first-order valence-corrected chi connectivity index (χ1v) is 11.6. The van der Waals surface area contributed by atoms with Crippen molar-refractivity contribution in [3.63, 3.8) is 0 Å². The van der Waals surface area contributed by atoms with Crippen LogP contribution >= 0.6 is 11.8 Å². The average Bonchev–Trinajstić information content (AvgIpc) is 2.90. The largest absolute Gasteiger partial charge is 0.486 e. The van der Waals surface area contributed by atoms with Crippen LogP contribution in [0.15, 0.2) is 71.6 Å². The van der Waals surface area contributed by atoms with E-state index >= 15 is 0 Å². The zero-order valence-corrected chi connectivity index (χ0v) is 19.3. The molecule has 0 aliphatic carbocycles. The molecule has 9 heteroatoms. The second-order valence-electron chi connectivity index (χ2n) is 7.30. The third-order valence-corrected chi connectivity index (χ3v) is 5.92. The van der Waals surface area contributed by atoms with E-state index in [9.17, 15) is 14.4 Å². The van der Waals surface area contributed by atoms with Crippen molar-refractivity contribution in [3.05, 3.63) is 83.4 Å². The first kappa shape index (κ1) is 23.9. The number of nitrogens with one attached hydrogen (secondary N) is 1. The summed E-state index contributed by atoms with van der Waals surface area (Å²) in [6.45, 7) is 0.284. The summed E-state index contributed by atoms with van der Waals surface area (Å²) < 4.78 is 16.2. The lowest BCUT2D eigenvalue weighted by Crippen LogP contribution is -2.22. The molecule has 176 valence electrons. The summed E-state index contributed by atoms with van der Waals surface area (Å²) in [6, 6.07) is 20.1. The number of rotatable bonds is 8. The van der Waals surface area contributed by atoms with Crippen LogP contribution in [-0.2, 0) is 9.53 Å². The number of amides is 1. The number of nitriles is 1. The predicted octanol–water partition coefficient (Wildman–Crippen LogP) is 4.10. The van der Waals surface area contributed by atoms with E-state index in [2.05, 4.69) is 5.32 Å². The number of carbonyl (C=O) groups excluding carboxylic acids is 3. The van der Waals surface area contributed by atoms with E-state index in [1.165, 1.54) is 23.9 Å². The van der Waals surface area contributed by atoms with Crippen LogP contribution in [0, 0.1) is 11.3 Å². The number of hydrogen-bond acceptors (Lipinski definition) is 8. The van der Waals surface area contributed by atoms with Crippen molar-refractivity contribution in [2.24, 2.45) is 0 Å². The van der Waals surface area contributed by atoms with Crippen LogP contribution in [0.2, 0.25) is 0 Å². The maximum absolute atomic E-state index is 13.2. The molecule has 0 atom stereocenters. The minimum atomic E-state index is -0.797. The minimum Gasteiger partial charge on any atom is -0.486 e. The summed E-state index contributed by atoms with van der Waals surface area (Å²) in [5.74, 6) is -0.475. The fourth-order valence-electron chi connectivity index (χ4n) is 3.40. The number of nitrogens with zero attached hydrogens (tertiary/aromatic N) is 1. The van der Waals surface area contributed by atoms with Crippen LogP contribution in [0.4, 0.5) is 5.69 Å². The second-order valence-corrected chi connectivity index (χ2v) is 8.32. The highest BCUT2D eigenvalue weighted by molar-refractivity contribution is 7.99. The van der Waals surface area contributed by atoms with Gasteiger partial charge < -0.3 is 19.5 Å². The number of thioether (sulfide) groups is 1. The van der Waals surface area contributed by atoms with Crippen LogP contribution in [-0.4, -0.2) is 43.2 Å². The minimum absolute atomic E-state index is 0.0464. The highest BCUT2D eigenvalue weighted by Gasteiger charge is 2.22. The van der Waals surface area contributed by atoms with Crippen LogP contribution in [0.1, 0.15) is 26.3 Å². The molecule has 0 spiro atoms. The Morgan fingerprint density at radius 1 is 0.943 bits per heavy atom. The lowest BCUT2D eigenvalue weighted by atomic mass is 9.98. The van der Waals surface area contributed by atoms with Gasteiger partial charge in [0.2, 0.25) is 0 Å². The van der Waals surface area contributed by atoms with Crippen LogP contribution < -0.4 is 14.8 Å². The maximum atomic E-state index is 13.2. The molecular formula is C26H20N2O6S. The van der Waals surface area contributed by atoms with Crippen molar-refractivity contribution in [2.75, 3.05) is 30.9 Å². The number of esters is 1. The van der Waals surface area contributed by atoms with Gasteiger partial charge in [-0.15, -0.1) is 11.8 Å². The molecule has 1 aliphatic rings. The van der Waals surface area contributed by atoms with E-state index in [1.807, 2.05) is 6.07 Å². The van der Waals surface area contributed by atoms with Crippen molar-refractivity contribution in [2.45, 2.75) is 4.90 Å². The van der Waals surface area contributed by atoms with Crippen LogP contribution in [0.3, 0.4) is 0 Å². The molecule has 3 aromatic carbocycles. The van der Waals surface area contributed by atoms with Crippen molar-refractivity contribution >= 4 is 35.1 Å². The van der Waals surface area contributed by atoms with E-state index in [-0.39, 0.29) is 22.7 Å². The number of para-hydroxylation sites is 1. The summed E-state index contributed by atoms with van der Waals surface area (Å²) >= 11 is 1.28. The van der Waals surface area contributed by atoms with Gasteiger partial charge >= 0.3 is 5.97 Å². The summed E-state index contributed by atoms with van der Waals surface area (Å²) in [5, 5.41) is 11.5. The maximum Gasteiger partial charge on any atom is 0.339 e. The molecule has 0 radical (unpaired) electrons. The highest BCUT2D eigenvalue weighted by atomic mass is 32.2. The number of benzene rings is 3. The molecule has 4 rings (SSSR count). The second kappa shape index (κ2) is 11.2. The van der Waals surface area contributed by atoms with Crippen molar-refractivity contribution in [1.29, 1.82) is 5.26 Å². The van der Waals surface area contributed by atoms with Gasteiger partial charge in [0, 0.05) is 16.0 Å². The molecule has 1 amide bonds. The third kappa shape index (κ3) is 5.80. The van der Waals surface area contributed by atoms with E-state index in [1.54, 1.807) is 54.6 Å².